The standard InChI is InChI=1S/C22H31N3O3/c1-7-21(26)25(16(4)15(2)3)14-17-13-18(10-11-19(17)24(5)6)23-22(27)20-9-8-12-28-20/h8-13,15-16H,7,14H2,1-6H3,(H,23,27). The zero-order valence-electron chi connectivity index (χ0n) is 17.7. The van der Waals surface area contributed by atoms with E-state index >= 15 is 0 Å². The molecule has 0 aliphatic carbocycles. The molecule has 0 fully saturated rings. The fourth-order valence-electron chi connectivity index (χ4n) is 3.03. The van der Waals surface area contributed by atoms with Gasteiger partial charge in [-0.05, 0) is 48.7 Å². The van der Waals surface area contributed by atoms with Crippen molar-refractivity contribution in [3.63, 3.8) is 0 Å². The summed E-state index contributed by atoms with van der Waals surface area (Å²) in [4.78, 5) is 28.8. The van der Waals surface area contributed by atoms with E-state index in [1.165, 1.54) is 6.26 Å². The van der Waals surface area contributed by atoms with Crippen LogP contribution in [-0.2, 0) is 11.3 Å². The summed E-state index contributed by atoms with van der Waals surface area (Å²) >= 11 is 0. The minimum atomic E-state index is -0.300. The molecule has 2 amide bonds. The molecule has 0 bridgehead atoms. The SMILES string of the molecule is CCC(=O)N(Cc1cc(NC(=O)c2ccco2)ccc1N(C)C)C(C)C(C)C. The number of furan rings is 1. The molecule has 28 heavy (non-hydrogen) atoms. The van der Waals surface area contributed by atoms with E-state index in [-0.39, 0.29) is 23.6 Å². The van der Waals surface area contributed by atoms with Gasteiger partial charge < -0.3 is 19.5 Å². The highest BCUT2D eigenvalue weighted by molar-refractivity contribution is 6.02. The second-order valence-corrected chi connectivity index (χ2v) is 7.53. The predicted octanol–water partition coefficient (Wildman–Crippen LogP) is 4.38. The molecule has 0 radical (unpaired) electrons. The molecule has 1 unspecified atom stereocenters. The summed E-state index contributed by atoms with van der Waals surface area (Å²) < 4.78 is 5.15. The van der Waals surface area contributed by atoms with E-state index in [1.54, 1.807) is 12.1 Å². The molecule has 0 aliphatic heterocycles. The Kier molecular flexibility index (Phi) is 7.26. The lowest BCUT2D eigenvalue weighted by molar-refractivity contribution is -0.134. The van der Waals surface area contributed by atoms with Crippen molar-refractivity contribution >= 4 is 23.2 Å². The number of anilines is 2. The Bertz CT molecular complexity index is 797. The van der Waals surface area contributed by atoms with Crippen LogP contribution in [0.3, 0.4) is 0 Å². The van der Waals surface area contributed by atoms with Crippen LogP contribution >= 0.6 is 0 Å². The first-order chi connectivity index (χ1) is 13.2. The van der Waals surface area contributed by atoms with E-state index in [0.29, 0.717) is 24.6 Å². The maximum Gasteiger partial charge on any atom is 0.291 e. The Balaban J connectivity index is 2.33. The highest BCUT2D eigenvalue weighted by Gasteiger charge is 2.23. The van der Waals surface area contributed by atoms with Crippen molar-refractivity contribution in [1.29, 1.82) is 0 Å². The van der Waals surface area contributed by atoms with Gasteiger partial charge in [0, 0.05) is 44.5 Å². The smallest absolute Gasteiger partial charge is 0.291 e. The van der Waals surface area contributed by atoms with Crippen LogP contribution in [0.2, 0.25) is 0 Å². The molecule has 0 saturated heterocycles. The molecule has 1 aromatic heterocycles. The molecule has 0 spiro atoms. The summed E-state index contributed by atoms with van der Waals surface area (Å²) in [6.07, 6.45) is 1.93. The molecule has 1 aromatic carbocycles. The summed E-state index contributed by atoms with van der Waals surface area (Å²) in [6, 6.07) is 9.16. The number of amides is 2. The van der Waals surface area contributed by atoms with E-state index in [0.717, 1.165) is 11.3 Å². The van der Waals surface area contributed by atoms with Gasteiger partial charge in [0.1, 0.15) is 0 Å². The number of hydrogen-bond donors (Lipinski definition) is 1. The van der Waals surface area contributed by atoms with Crippen molar-refractivity contribution in [2.45, 2.75) is 46.7 Å². The number of hydrogen-bond acceptors (Lipinski definition) is 4. The quantitative estimate of drug-likeness (QED) is 0.732. The lowest BCUT2D eigenvalue weighted by Crippen LogP contribution is -2.40. The normalized spacial score (nSPS) is 12.0. The third kappa shape index (κ3) is 5.15. The van der Waals surface area contributed by atoms with Crippen molar-refractivity contribution < 1.29 is 14.0 Å². The van der Waals surface area contributed by atoms with Gasteiger partial charge in [-0.25, -0.2) is 0 Å². The monoisotopic (exact) mass is 385 g/mol. The van der Waals surface area contributed by atoms with E-state index in [9.17, 15) is 9.59 Å². The number of benzene rings is 1. The van der Waals surface area contributed by atoms with Gasteiger partial charge in [0.05, 0.1) is 6.26 Å². The van der Waals surface area contributed by atoms with Crippen LogP contribution in [0.4, 0.5) is 11.4 Å². The van der Waals surface area contributed by atoms with Gasteiger partial charge in [-0.15, -0.1) is 0 Å². The first-order valence-electron chi connectivity index (χ1n) is 9.69. The van der Waals surface area contributed by atoms with E-state index in [1.807, 2.05) is 49.0 Å². The minimum absolute atomic E-state index is 0.115. The fraction of sp³-hybridized carbons (Fsp3) is 0.455. The summed E-state index contributed by atoms with van der Waals surface area (Å²) in [5.74, 6) is 0.427. The average Bonchev–Trinajstić information content (AvgIpc) is 3.19. The summed E-state index contributed by atoms with van der Waals surface area (Å²) in [5.41, 5.74) is 2.67. The van der Waals surface area contributed by atoms with Crippen LogP contribution in [0.15, 0.2) is 41.0 Å². The van der Waals surface area contributed by atoms with Gasteiger partial charge in [0.15, 0.2) is 5.76 Å². The third-order valence-corrected chi connectivity index (χ3v) is 4.98. The summed E-state index contributed by atoms with van der Waals surface area (Å²) in [5, 5.41) is 2.86. The van der Waals surface area contributed by atoms with Gasteiger partial charge >= 0.3 is 0 Å². The van der Waals surface area contributed by atoms with Crippen molar-refractivity contribution in [2.75, 3.05) is 24.3 Å². The molecule has 2 rings (SSSR count). The fourth-order valence-corrected chi connectivity index (χ4v) is 3.03. The molecule has 1 N–H and O–H groups in total. The van der Waals surface area contributed by atoms with Crippen LogP contribution < -0.4 is 10.2 Å². The average molecular weight is 386 g/mol. The lowest BCUT2D eigenvalue weighted by atomic mass is 10.0. The minimum Gasteiger partial charge on any atom is -0.459 e. The molecular formula is C22H31N3O3. The van der Waals surface area contributed by atoms with Gasteiger partial charge in [-0.2, -0.15) is 0 Å². The Morgan fingerprint density at radius 3 is 2.39 bits per heavy atom. The zero-order chi connectivity index (χ0) is 20.8. The molecule has 0 aliphatic rings. The Morgan fingerprint density at radius 1 is 1.14 bits per heavy atom. The number of nitrogens with zero attached hydrogens (tertiary/aromatic N) is 2. The van der Waals surface area contributed by atoms with Crippen LogP contribution in [0.1, 0.15) is 50.2 Å². The maximum absolute atomic E-state index is 12.6. The topological polar surface area (TPSA) is 65.8 Å². The van der Waals surface area contributed by atoms with Crippen LogP contribution in [0, 0.1) is 5.92 Å². The highest BCUT2D eigenvalue weighted by Crippen LogP contribution is 2.27. The third-order valence-electron chi connectivity index (χ3n) is 4.98. The zero-order valence-corrected chi connectivity index (χ0v) is 17.7. The number of carbonyl (C=O) groups excluding carboxylic acids is 2. The maximum atomic E-state index is 12.6. The first-order valence-corrected chi connectivity index (χ1v) is 9.69. The van der Waals surface area contributed by atoms with E-state index in [2.05, 4.69) is 26.1 Å². The molecule has 1 heterocycles. The van der Waals surface area contributed by atoms with Crippen molar-refractivity contribution in [2.24, 2.45) is 5.92 Å². The Labute approximate surface area is 167 Å². The molecule has 0 saturated carbocycles. The Morgan fingerprint density at radius 2 is 1.86 bits per heavy atom. The molecule has 2 aromatic rings. The Hall–Kier alpha value is -2.76. The van der Waals surface area contributed by atoms with Gasteiger partial charge in [0.25, 0.3) is 5.91 Å². The lowest BCUT2D eigenvalue weighted by Gasteiger charge is -2.33. The first kappa shape index (κ1) is 21.5. The molecule has 6 heteroatoms. The largest absolute Gasteiger partial charge is 0.459 e. The van der Waals surface area contributed by atoms with Crippen LogP contribution in [0.25, 0.3) is 0 Å². The van der Waals surface area contributed by atoms with Gasteiger partial charge in [-0.3, -0.25) is 9.59 Å². The van der Waals surface area contributed by atoms with Gasteiger partial charge in [-0.1, -0.05) is 20.8 Å². The number of carbonyl (C=O) groups is 2. The summed E-state index contributed by atoms with van der Waals surface area (Å²) in [6.45, 7) is 8.69. The van der Waals surface area contributed by atoms with Crippen LogP contribution in [-0.4, -0.2) is 36.9 Å². The molecule has 6 nitrogen and oxygen atoms in total. The van der Waals surface area contributed by atoms with Crippen molar-refractivity contribution in [3.05, 3.63) is 47.9 Å². The van der Waals surface area contributed by atoms with E-state index < -0.39 is 0 Å². The second kappa shape index (κ2) is 9.44. The van der Waals surface area contributed by atoms with Gasteiger partial charge in [0.2, 0.25) is 5.91 Å². The highest BCUT2D eigenvalue weighted by atomic mass is 16.3. The predicted molar refractivity (Wildman–Crippen MR) is 113 cm³/mol. The number of rotatable bonds is 8. The summed E-state index contributed by atoms with van der Waals surface area (Å²) in [7, 11) is 3.94. The molecule has 152 valence electrons. The second-order valence-electron chi connectivity index (χ2n) is 7.53. The molecular weight excluding hydrogens is 354 g/mol. The number of nitrogens with one attached hydrogen (secondary N) is 1. The van der Waals surface area contributed by atoms with Crippen molar-refractivity contribution in [3.8, 4) is 0 Å². The van der Waals surface area contributed by atoms with Crippen molar-refractivity contribution in [1.82, 2.24) is 4.90 Å². The van der Waals surface area contributed by atoms with Crippen LogP contribution in [0.5, 0.6) is 0 Å². The molecule has 1 atom stereocenters. The van der Waals surface area contributed by atoms with E-state index in [4.69, 9.17) is 4.42 Å².